The molecule has 0 aliphatic heterocycles. The Bertz CT molecular complexity index is 616. The van der Waals surface area contributed by atoms with E-state index in [-0.39, 0.29) is 5.57 Å². The Morgan fingerprint density at radius 2 is 1.10 bits per heavy atom. The zero-order valence-corrected chi connectivity index (χ0v) is 10.7. The van der Waals surface area contributed by atoms with Crippen molar-refractivity contribution in [3.63, 3.8) is 0 Å². The van der Waals surface area contributed by atoms with E-state index in [9.17, 15) is 0 Å². The molecule has 2 aromatic carbocycles. The fourth-order valence-corrected chi connectivity index (χ4v) is 1.62. The summed E-state index contributed by atoms with van der Waals surface area (Å²) in [5.41, 5.74) is 1.60. The lowest BCUT2D eigenvalue weighted by atomic mass is 10.2. The quantitative estimate of drug-likeness (QED) is 0.826. The number of anilines is 2. The Balaban J connectivity index is 2.30. The summed E-state index contributed by atoms with van der Waals surface area (Å²) in [5, 5.41) is 24.2. The van der Waals surface area contributed by atoms with E-state index in [1.807, 2.05) is 72.8 Å². The second-order valence-electron chi connectivity index (χ2n) is 3.96. The first-order chi connectivity index (χ1) is 9.83. The zero-order valence-electron chi connectivity index (χ0n) is 10.7. The van der Waals surface area contributed by atoms with Gasteiger partial charge in [0.25, 0.3) is 0 Å². The molecule has 0 unspecified atom stereocenters. The number of hydrogen-bond donors (Lipinski definition) is 2. The normalized spacial score (nSPS) is 8.90. The van der Waals surface area contributed by atoms with Crippen LogP contribution < -0.4 is 10.6 Å². The van der Waals surface area contributed by atoms with E-state index in [1.165, 1.54) is 0 Å². The average Bonchev–Trinajstić information content (AvgIpc) is 2.50. The topological polar surface area (TPSA) is 71.6 Å². The number of allylic oxidation sites excluding steroid dienone is 1. The van der Waals surface area contributed by atoms with Crippen molar-refractivity contribution in [1.29, 1.82) is 10.5 Å². The van der Waals surface area contributed by atoms with Crippen LogP contribution in [0.3, 0.4) is 0 Å². The minimum Gasteiger partial charge on any atom is -0.340 e. The number of benzene rings is 2. The standard InChI is InChI=1S/C16H12N4/c17-11-13(12-18)16(19-14-7-3-1-4-8-14)20-15-9-5-2-6-10-15/h1-10,19-20H. The number of para-hydroxylation sites is 2. The first-order valence-corrected chi connectivity index (χ1v) is 6.02. The van der Waals surface area contributed by atoms with E-state index >= 15 is 0 Å². The van der Waals surface area contributed by atoms with Crippen molar-refractivity contribution in [1.82, 2.24) is 0 Å². The van der Waals surface area contributed by atoms with Crippen molar-refractivity contribution in [3.8, 4) is 12.1 Å². The lowest BCUT2D eigenvalue weighted by Gasteiger charge is -2.13. The van der Waals surface area contributed by atoms with Crippen LogP contribution in [0, 0.1) is 22.7 Å². The summed E-state index contributed by atoms with van der Waals surface area (Å²) < 4.78 is 0. The first-order valence-electron chi connectivity index (χ1n) is 6.02. The van der Waals surface area contributed by atoms with E-state index in [4.69, 9.17) is 10.5 Å². The molecule has 4 nitrogen and oxygen atoms in total. The van der Waals surface area contributed by atoms with Crippen LogP contribution in [0.15, 0.2) is 72.1 Å². The Kier molecular flexibility index (Phi) is 4.37. The molecule has 4 heteroatoms. The number of nitriles is 2. The molecule has 2 aromatic rings. The van der Waals surface area contributed by atoms with Gasteiger partial charge >= 0.3 is 0 Å². The second-order valence-corrected chi connectivity index (χ2v) is 3.96. The van der Waals surface area contributed by atoms with Gasteiger partial charge in [-0.25, -0.2) is 0 Å². The molecular weight excluding hydrogens is 248 g/mol. The summed E-state index contributed by atoms with van der Waals surface area (Å²) >= 11 is 0. The Labute approximate surface area is 117 Å². The average molecular weight is 260 g/mol. The lowest BCUT2D eigenvalue weighted by Crippen LogP contribution is -2.12. The van der Waals surface area contributed by atoms with Gasteiger partial charge in [0.2, 0.25) is 0 Å². The van der Waals surface area contributed by atoms with Gasteiger partial charge in [-0.05, 0) is 24.3 Å². The van der Waals surface area contributed by atoms with Crippen molar-refractivity contribution in [2.75, 3.05) is 10.6 Å². The van der Waals surface area contributed by atoms with E-state index in [2.05, 4.69) is 10.6 Å². The van der Waals surface area contributed by atoms with Crippen LogP contribution in [0.5, 0.6) is 0 Å². The van der Waals surface area contributed by atoms with Gasteiger partial charge in [0.15, 0.2) is 5.57 Å². The summed E-state index contributed by atoms with van der Waals surface area (Å²) in [7, 11) is 0. The molecule has 0 atom stereocenters. The van der Waals surface area contributed by atoms with Gasteiger partial charge in [-0.1, -0.05) is 36.4 Å². The molecule has 0 radical (unpaired) electrons. The number of rotatable bonds is 4. The molecule has 0 saturated carbocycles. The minimum atomic E-state index is -0.00212. The van der Waals surface area contributed by atoms with Gasteiger partial charge in [0.05, 0.1) is 0 Å². The third-order valence-corrected chi connectivity index (χ3v) is 2.56. The highest BCUT2D eigenvalue weighted by atomic mass is 15.1. The van der Waals surface area contributed by atoms with E-state index in [1.54, 1.807) is 0 Å². The van der Waals surface area contributed by atoms with Crippen molar-refractivity contribution in [3.05, 3.63) is 72.1 Å². The number of nitrogens with one attached hydrogen (secondary N) is 2. The van der Waals surface area contributed by atoms with E-state index in [0.29, 0.717) is 5.82 Å². The fourth-order valence-electron chi connectivity index (χ4n) is 1.62. The summed E-state index contributed by atoms with van der Waals surface area (Å²) in [6, 6.07) is 22.5. The fraction of sp³-hybridized carbons (Fsp3) is 0. The molecule has 0 fully saturated rings. The van der Waals surface area contributed by atoms with Crippen molar-refractivity contribution in [2.45, 2.75) is 0 Å². The summed E-state index contributed by atoms with van der Waals surface area (Å²) in [6.45, 7) is 0. The third-order valence-electron chi connectivity index (χ3n) is 2.56. The highest BCUT2D eigenvalue weighted by molar-refractivity contribution is 5.60. The lowest BCUT2D eigenvalue weighted by molar-refractivity contribution is 1.32. The van der Waals surface area contributed by atoms with Gasteiger partial charge in [-0.3, -0.25) is 0 Å². The monoisotopic (exact) mass is 260 g/mol. The molecule has 0 aliphatic carbocycles. The maximum Gasteiger partial charge on any atom is 0.170 e. The van der Waals surface area contributed by atoms with Crippen LogP contribution in [0.25, 0.3) is 0 Å². The van der Waals surface area contributed by atoms with Gasteiger partial charge < -0.3 is 10.6 Å². The maximum absolute atomic E-state index is 9.04. The molecule has 2 rings (SSSR count). The smallest absolute Gasteiger partial charge is 0.170 e. The highest BCUT2D eigenvalue weighted by Crippen LogP contribution is 2.15. The van der Waals surface area contributed by atoms with E-state index < -0.39 is 0 Å². The molecule has 0 aliphatic rings. The Morgan fingerprint density at radius 1 is 0.700 bits per heavy atom. The van der Waals surface area contributed by atoms with Crippen LogP contribution >= 0.6 is 0 Å². The molecular formula is C16H12N4. The van der Waals surface area contributed by atoms with Gasteiger partial charge in [-0.15, -0.1) is 0 Å². The second kappa shape index (κ2) is 6.63. The number of nitrogens with zero attached hydrogens (tertiary/aromatic N) is 2. The molecule has 0 amide bonds. The van der Waals surface area contributed by atoms with E-state index in [0.717, 1.165) is 11.4 Å². The van der Waals surface area contributed by atoms with Crippen LogP contribution in [-0.2, 0) is 0 Å². The predicted octanol–water partition coefficient (Wildman–Crippen LogP) is 3.47. The molecule has 0 bridgehead atoms. The van der Waals surface area contributed by atoms with Crippen LogP contribution in [0.2, 0.25) is 0 Å². The summed E-state index contributed by atoms with van der Waals surface area (Å²) in [4.78, 5) is 0. The molecule has 0 heterocycles. The maximum atomic E-state index is 9.04. The van der Waals surface area contributed by atoms with Gasteiger partial charge in [0, 0.05) is 11.4 Å². The predicted molar refractivity (Wildman–Crippen MR) is 78.4 cm³/mol. The SMILES string of the molecule is N#CC(C#N)=C(Nc1ccccc1)Nc1ccccc1. The molecule has 0 saturated heterocycles. The van der Waals surface area contributed by atoms with Gasteiger partial charge in [-0.2, -0.15) is 10.5 Å². The van der Waals surface area contributed by atoms with Crippen molar-refractivity contribution in [2.24, 2.45) is 0 Å². The Morgan fingerprint density at radius 3 is 1.45 bits per heavy atom. The molecule has 96 valence electrons. The van der Waals surface area contributed by atoms with Crippen LogP contribution in [-0.4, -0.2) is 0 Å². The molecule has 20 heavy (non-hydrogen) atoms. The molecule has 2 N–H and O–H groups in total. The highest BCUT2D eigenvalue weighted by Gasteiger charge is 2.07. The first kappa shape index (κ1) is 13.2. The van der Waals surface area contributed by atoms with Crippen molar-refractivity contribution >= 4 is 11.4 Å². The third kappa shape index (κ3) is 3.38. The van der Waals surface area contributed by atoms with Crippen molar-refractivity contribution < 1.29 is 0 Å². The van der Waals surface area contributed by atoms with Crippen LogP contribution in [0.4, 0.5) is 11.4 Å². The number of hydrogen-bond acceptors (Lipinski definition) is 4. The van der Waals surface area contributed by atoms with Crippen LogP contribution in [0.1, 0.15) is 0 Å². The molecule has 0 aromatic heterocycles. The molecule has 0 spiro atoms. The minimum absolute atomic E-state index is 0.00212. The zero-order chi connectivity index (χ0) is 14.2. The summed E-state index contributed by atoms with van der Waals surface area (Å²) in [6.07, 6.45) is 0. The Hall–Kier alpha value is -3.24. The largest absolute Gasteiger partial charge is 0.340 e. The van der Waals surface area contributed by atoms with Gasteiger partial charge in [0.1, 0.15) is 18.0 Å². The summed E-state index contributed by atoms with van der Waals surface area (Å²) in [5.74, 6) is 0.368.